The third kappa shape index (κ3) is 4.74. The monoisotopic (exact) mass is 549 g/mol. The van der Waals surface area contributed by atoms with Crippen LogP contribution in [0.5, 0.6) is 23.0 Å². The van der Waals surface area contributed by atoms with Crippen molar-refractivity contribution in [1.82, 2.24) is 0 Å². The summed E-state index contributed by atoms with van der Waals surface area (Å²) in [5, 5.41) is 2.14. The Morgan fingerprint density at radius 1 is 0.833 bits per heavy atom. The van der Waals surface area contributed by atoms with Gasteiger partial charge in [-0.25, -0.2) is 0 Å². The number of benzene rings is 3. The Bertz CT molecular complexity index is 1380. The van der Waals surface area contributed by atoms with Crippen molar-refractivity contribution >= 4 is 10.8 Å². The molecule has 1 aromatic heterocycles. The Morgan fingerprint density at radius 3 is 2.19 bits per heavy atom. The zero-order chi connectivity index (χ0) is 24.5. The Kier molecular flexibility index (Phi) is 7.74. The number of aryl methyl sites for hydroxylation is 2. The molecule has 0 atom stereocenters. The highest BCUT2D eigenvalue weighted by molar-refractivity contribution is 5.91. The van der Waals surface area contributed by atoms with Crippen LogP contribution in [0, 0.1) is 0 Å². The largest absolute Gasteiger partial charge is 1.00 e. The number of hydrogen-bond acceptors (Lipinski definition) is 4. The summed E-state index contributed by atoms with van der Waals surface area (Å²) >= 11 is 0. The molecule has 0 amide bonds. The van der Waals surface area contributed by atoms with Crippen molar-refractivity contribution < 1.29 is 40.5 Å². The van der Waals surface area contributed by atoms with E-state index in [0.717, 1.165) is 58.0 Å². The van der Waals surface area contributed by atoms with Crippen molar-refractivity contribution in [3.8, 4) is 34.3 Å². The maximum atomic E-state index is 6.38. The summed E-state index contributed by atoms with van der Waals surface area (Å²) in [6.07, 6.45) is 3.10. The predicted molar refractivity (Wildman–Crippen MR) is 138 cm³/mol. The van der Waals surface area contributed by atoms with E-state index in [1.165, 1.54) is 16.7 Å². The van der Waals surface area contributed by atoms with Gasteiger partial charge >= 0.3 is 0 Å². The molecule has 0 saturated carbocycles. The minimum atomic E-state index is 0. The molecule has 0 N–H and O–H groups in total. The smallest absolute Gasteiger partial charge is 0.213 e. The van der Waals surface area contributed by atoms with E-state index in [1.807, 2.05) is 6.07 Å². The highest BCUT2D eigenvalue weighted by atomic mass is 79.9. The van der Waals surface area contributed by atoms with Crippen LogP contribution in [0.2, 0.25) is 0 Å². The SMILES string of the molecule is COc1cc2c(cc1OC)-c1cc3ccc(OC)c(OCc4ccc(C(C)C)cc4)c3c[n+]1CC2.[Br-]. The molecule has 0 saturated heterocycles. The van der Waals surface area contributed by atoms with Gasteiger partial charge in [-0.05, 0) is 52.3 Å². The lowest BCUT2D eigenvalue weighted by molar-refractivity contribution is -0.686. The van der Waals surface area contributed by atoms with E-state index >= 15 is 0 Å². The Labute approximate surface area is 223 Å². The van der Waals surface area contributed by atoms with Crippen molar-refractivity contribution in [2.75, 3.05) is 21.3 Å². The number of halogens is 1. The topological polar surface area (TPSA) is 40.8 Å². The highest BCUT2D eigenvalue weighted by Crippen LogP contribution is 2.40. The van der Waals surface area contributed by atoms with Crippen LogP contribution in [-0.2, 0) is 19.6 Å². The van der Waals surface area contributed by atoms with Crippen LogP contribution >= 0.6 is 0 Å². The normalized spacial score (nSPS) is 11.9. The van der Waals surface area contributed by atoms with Gasteiger partial charge in [-0.15, -0.1) is 0 Å². The maximum absolute atomic E-state index is 6.38. The van der Waals surface area contributed by atoms with E-state index in [2.05, 4.69) is 73.1 Å². The van der Waals surface area contributed by atoms with Gasteiger partial charge < -0.3 is 35.9 Å². The van der Waals surface area contributed by atoms with Gasteiger partial charge in [0.25, 0.3) is 0 Å². The van der Waals surface area contributed by atoms with Gasteiger partial charge in [-0.3, -0.25) is 0 Å². The molecule has 5 nitrogen and oxygen atoms in total. The lowest BCUT2D eigenvalue weighted by Gasteiger charge is -2.19. The average molecular weight is 550 g/mol. The van der Waals surface area contributed by atoms with Gasteiger partial charge in [0, 0.05) is 12.5 Å². The van der Waals surface area contributed by atoms with E-state index in [-0.39, 0.29) is 17.0 Å². The molecule has 0 bridgehead atoms. The Morgan fingerprint density at radius 2 is 1.53 bits per heavy atom. The summed E-state index contributed by atoms with van der Waals surface area (Å²) < 4.78 is 25.5. The van der Waals surface area contributed by atoms with Crippen LogP contribution < -0.4 is 40.5 Å². The van der Waals surface area contributed by atoms with Gasteiger partial charge in [0.05, 0.1) is 32.3 Å². The lowest BCUT2D eigenvalue weighted by atomic mass is 9.95. The summed E-state index contributed by atoms with van der Waals surface area (Å²) in [4.78, 5) is 0. The third-order valence-electron chi connectivity index (χ3n) is 6.84. The van der Waals surface area contributed by atoms with Crippen LogP contribution in [-0.4, -0.2) is 21.3 Å². The van der Waals surface area contributed by atoms with Crippen molar-refractivity contribution in [2.45, 2.75) is 39.3 Å². The van der Waals surface area contributed by atoms with Gasteiger partial charge in [-0.1, -0.05) is 38.1 Å². The van der Waals surface area contributed by atoms with Gasteiger partial charge in [-0.2, -0.15) is 4.57 Å². The third-order valence-corrected chi connectivity index (χ3v) is 6.84. The number of ether oxygens (including phenoxy) is 4. The molecule has 1 aliphatic rings. The molecule has 2 heterocycles. The fraction of sp³-hybridized carbons (Fsp3) is 0.300. The fourth-order valence-electron chi connectivity index (χ4n) is 4.80. The summed E-state index contributed by atoms with van der Waals surface area (Å²) in [6, 6.07) is 19.1. The second kappa shape index (κ2) is 10.8. The van der Waals surface area contributed by atoms with Crippen molar-refractivity contribution in [3.63, 3.8) is 0 Å². The fourth-order valence-corrected chi connectivity index (χ4v) is 4.80. The number of pyridine rings is 1. The first-order valence-electron chi connectivity index (χ1n) is 12.0. The Balaban J connectivity index is 0.00000304. The molecule has 5 rings (SSSR count). The van der Waals surface area contributed by atoms with Crippen molar-refractivity contribution in [3.05, 3.63) is 77.5 Å². The molecule has 3 aromatic carbocycles. The van der Waals surface area contributed by atoms with Crippen LogP contribution in [0.4, 0.5) is 0 Å². The van der Waals surface area contributed by atoms with Crippen molar-refractivity contribution in [2.24, 2.45) is 0 Å². The first kappa shape index (κ1) is 25.8. The van der Waals surface area contributed by atoms with Crippen LogP contribution in [0.25, 0.3) is 22.0 Å². The van der Waals surface area contributed by atoms with Gasteiger partial charge in [0.2, 0.25) is 5.69 Å². The van der Waals surface area contributed by atoms with Crippen LogP contribution in [0.1, 0.15) is 36.5 Å². The molecule has 0 radical (unpaired) electrons. The lowest BCUT2D eigenvalue weighted by Crippen LogP contribution is -3.00. The molecular formula is C30H32BrNO4. The summed E-state index contributed by atoms with van der Waals surface area (Å²) in [5.41, 5.74) is 6.04. The van der Waals surface area contributed by atoms with Crippen LogP contribution in [0.3, 0.4) is 0 Å². The molecule has 188 valence electrons. The second-order valence-corrected chi connectivity index (χ2v) is 9.25. The zero-order valence-corrected chi connectivity index (χ0v) is 23.0. The van der Waals surface area contributed by atoms with E-state index in [4.69, 9.17) is 18.9 Å². The number of methoxy groups -OCH3 is 3. The number of aromatic nitrogens is 1. The first-order chi connectivity index (χ1) is 17.0. The van der Waals surface area contributed by atoms with E-state index in [9.17, 15) is 0 Å². The average Bonchev–Trinajstić information content (AvgIpc) is 2.89. The summed E-state index contributed by atoms with van der Waals surface area (Å²) in [6.45, 7) is 5.77. The molecule has 6 heteroatoms. The van der Waals surface area contributed by atoms with Gasteiger partial charge in [0.15, 0.2) is 35.7 Å². The van der Waals surface area contributed by atoms with E-state index in [1.54, 1.807) is 21.3 Å². The summed E-state index contributed by atoms with van der Waals surface area (Å²) in [7, 11) is 5.04. The highest BCUT2D eigenvalue weighted by Gasteiger charge is 2.27. The molecule has 0 unspecified atom stereocenters. The number of fused-ring (bicyclic) bond motifs is 4. The predicted octanol–water partition coefficient (Wildman–Crippen LogP) is 3.08. The van der Waals surface area contributed by atoms with Crippen molar-refractivity contribution in [1.29, 1.82) is 0 Å². The number of nitrogens with zero attached hydrogens (tertiary/aromatic N) is 1. The maximum Gasteiger partial charge on any atom is 0.213 e. The summed E-state index contributed by atoms with van der Waals surface area (Å²) in [5.74, 6) is 3.52. The molecule has 0 fully saturated rings. The quantitative estimate of drug-likeness (QED) is 0.332. The molecule has 1 aliphatic heterocycles. The molecular weight excluding hydrogens is 518 g/mol. The minimum absolute atomic E-state index is 0. The first-order valence-corrected chi connectivity index (χ1v) is 12.0. The van der Waals surface area contributed by atoms with Crippen LogP contribution in [0.15, 0.2) is 60.8 Å². The van der Waals surface area contributed by atoms with Gasteiger partial charge in [0.1, 0.15) is 6.61 Å². The molecule has 36 heavy (non-hydrogen) atoms. The number of hydrogen-bond donors (Lipinski definition) is 0. The van der Waals surface area contributed by atoms with E-state index < -0.39 is 0 Å². The van der Waals surface area contributed by atoms with E-state index in [0.29, 0.717) is 12.5 Å². The Hall–Kier alpha value is -3.25. The molecule has 0 spiro atoms. The minimum Gasteiger partial charge on any atom is -1.00 e. The second-order valence-electron chi connectivity index (χ2n) is 9.25. The zero-order valence-electron chi connectivity index (χ0n) is 21.4. The number of rotatable bonds is 7. The molecule has 0 aliphatic carbocycles. The standard InChI is InChI=1S/C30H32NO4.BrH/c1-19(2)21-8-6-20(7-9-21)18-35-30-25-17-31-13-12-23-15-28(33-4)29(34-5)16-24(23)26(31)14-22(25)10-11-27(30)32-3;/h6-11,14-17,19H,12-13,18H2,1-5H3;1H/q+1;/p-1. The molecule has 4 aromatic rings.